The van der Waals surface area contributed by atoms with Gasteiger partial charge in [-0.2, -0.15) is 13.2 Å². The van der Waals surface area contributed by atoms with Gasteiger partial charge in [0, 0.05) is 18.1 Å². The van der Waals surface area contributed by atoms with Gasteiger partial charge in [0.1, 0.15) is 17.6 Å². The van der Waals surface area contributed by atoms with E-state index in [0.29, 0.717) is 29.0 Å². The summed E-state index contributed by atoms with van der Waals surface area (Å²) in [6.45, 7) is 4.36. The fourth-order valence-corrected chi connectivity index (χ4v) is 3.68. The van der Waals surface area contributed by atoms with Gasteiger partial charge < -0.3 is 25.8 Å². The summed E-state index contributed by atoms with van der Waals surface area (Å²) in [5, 5.41) is 14.2. The van der Waals surface area contributed by atoms with Crippen LogP contribution >= 0.6 is 0 Å². The molecule has 0 fully saturated rings. The van der Waals surface area contributed by atoms with E-state index in [-0.39, 0.29) is 12.2 Å². The van der Waals surface area contributed by atoms with Crippen LogP contribution in [0.25, 0.3) is 0 Å². The molecule has 2 rings (SSSR count). The van der Waals surface area contributed by atoms with Crippen molar-refractivity contribution in [1.82, 2.24) is 16.0 Å². The number of ketones is 2. The van der Waals surface area contributed by atoms with E-state index < -0.39 is 77.6 Å². The van der Waals surface area contributed by atoms with Gasteiger partial charge in [0.25, 0.3) is 11.9 Å². The molecule has 0 aliphatic heterocycles. The van der Waals surface area contributed by atoms with Gasteiger partial charge >= 0.3 is 6.18 Å². The SMILES string of the molecule is CC(=O)O.COc1ccc(C(C)=O)cc1CC(=O)NC(C(=O)NCC(=O)CNC(=O)c1c(F)cccc1C(F)(F)F)C(C)C. The highest BCUT2D eigenvalue weighted by molar-refractivity contribution is 5.99. The summed E-state index contributed by atoms with van der Waals surface area (Å²) in [7, 11) is 1.40. The second-order valence-corrected chi connectivity index (χ2v) is 9.67. The minimum absolute atomic E-state index is 0.207. The first-order valence-corrected chi connectivity index (χ1v) is 13.0. The molecule has 2 aromatic rings. The number of alkyl halides is 3. The summed E-state index contributed by atoms with van der Waals surface area (Å²) in [4.78, 5) is 70.5. The zero-order valence-electron chi connectivity index (χ0n) is 24.6. The van der Waals surface area contributed by atoms with E-state index in [4.69, 9.17) is 14.6 Å². The predicted octanol–water partition coefficient (Wildman–Crippen LogP) is 2.95. The monoisotopic (exact) mass is 627 g/mol. The van der Waals surface area contributed by atoms with Crippen molar-refractivity contribution in [3.8, 4) is 5.75 Å². The van der Waals surface area contributed by atoms with Crippen LogP contribution in [-0.2, 0) is 31.8 Å². The highest BCUT2D eigenvalue weighted by Crippen LogP contribution is 2.33. The number of methoxy groups -OCH3 is 1. The van der Waals surface area contributed by atoms with Crippen molar-refractivity contribution in [2.75, 3.05) is 20.2 Å². The number of rotatable bonds is 12. The normalized spacial score (nSPS) is 11.4. The molecule has 11 nitrogen and oxygen atoms in total. The number of Topliss-reactive ketones (excluding diaryl/α,β-unsaturated/α-hetero) is 2. The molecule has 2 aromatic carbocycles. The van der Waals surface area contributed by atoms with E-state index in [1.54, 1.807) is 26.0 Å². The van der Waals surface area contributed by atoms with Crippen molar-refractivity contribution in [2.24, 2.45) is 5.92 Å². The van der Waals surface area contributed by atoms with Crippen molar-refractivity contribution in [3.63, 3.8) is 0 Å². The molecule has 0 aromatic heterocycles. The first-order chi connectivity index (χ1) is 20.4. The fraction of sp³-hybridized carbons (Fsp3) is 0.379. The molecule has 15 heteroatoms. The Labute approximate surface area is 250 Å². The van der Waals surface area contributed by atoms with E-state index in [9.17, 15) is 41.5 Å². The van der Waals surface area contributed by atoms with Crippen LogP contribution in [0.4, 0.5) is 17.6 Å². The largest absolute Gasteiger partial charge is 0.496 e. The van der Waals surface area contributed by atoms with Crippen molar-refractivity contribution >= 4 is 35.3 Å². The van der Waals surface area contributed by atoms with Crippen LogP contribution in [0.15, 0.2) is 36.4 Å². The number of benzene rings is 2. The lowest BCUT2D eigenvalue weighted by Crippen LogP contribution is -2.51. The minimum Gasteiger partial charge on any atom is -0.496 e. The zero-order valence-corrected chi connectivity index (χ0v) is 24.6. The van der Waals surface area contributed by atoms with Gasteiger partial charge in [0.05, 0.1) is 37.7 Å². The Morgan fingerprint density at radius 3 is 2.07 bits per heavy atom. The summed E-state index contributed by atoms with van der Waals surface area (Å²) < 4.78 is 58.6. The quantitative estimate of drug-likeness (QED) is 0.206. The molecule has 0 radical (unpaired) electrons. The van der Waals surface area contributed by atoms with Gasteiger partial charge in [0.15, 0.2) is 11.6 Å². The van der Waals surface area contributed by atoms with Gasteiger partial charge in [0.2, 0.25) is 11.8 Å². The number of carbonyl (C=O) groups excluding carboxylic acids is 5. The predicted molar refractivity (Wildman–Crippen MR) is 149 cm³/mol. The van der Waals surface area contributed by atoms with Crippen LogP contribution in [0, 0.1) is 11.7 Å². The number of carbonyl (C=O) groups is 6. The molecular weight excluding hydrogens is 594 g/mol. The molecule has 0 heterocycles. The molecule has 0 spiro atoms. The molecule has 0 aliphatic rings. The molecule has 0 aliphatic carbocycles. The minimum atomic E-state index is -5.00. The van der Waals surface area contributed by atoms with Gasteiger partial charge in [-0.15, -0.1) is 0 Å². The Morgan fingerprint density at radius 2 is 1.55 bits per heavy atom. The number of carboxylic acid groups (broad SMARTS) is 1. The molecule has 240 valence electrons. The molecule has 0 bridgehead atoms. The van der Waals surface area contributed by atoms with E-state index in [2.05, 4.69) is 10.6 Å². The number of amides is 3. The second-order valence-electron chi connectivity index (χ2n) is 9.67. The smallest absolute Gasteiger partial charge is 0.417 e. The maximum atomic E-state index is 14.0. The molecule has 44 heavy (non-hydrogen) atoms. The number of hydrogen-bond acceptors (Lipinski definition) is 7. The van der Waals surface area contributed by atoms with Crippen LogP contribution in [0.2, 0.25) is 0 Å². The first-order valence-electron chi connectivity index (χ1n) is 13.0. The Morgan fingerprint density at radius 1 is 0.955 bits per heavy atom. The van der Waals surface area contributed by atoms with Crippen molar-refractivity contribution in [2.45, 2.75) is 46.3 Å². The van der Waals surface area contributed by atoms with E-state index in [0.717, 1.165) is 13.0 Å². The Hall–Kier alpha value is -4.82. The van der Waals surface area contributed by atoms with Gasteiger partial charge in [-0.25, -0.2) is 4.39 Å². The first kappa shape index (κ1) is 37.2. The average Bonchev–Trinajstić information content (AvgIpc) is 2.92. The Kier molecular flexibility index (Phi) is 14.1. The van der Waals surface area contributed by atoms with Crippen molar-refractivity contribution < 1.29 is 56.2 Å². The van der Waals surface area contributed by atoms with E-state index in [1.807, 2.05) is 5.32 Å². The topological polar surface area (TPSA) is 168 Å². The van der Waals surface area contributed by atoms with E-state index in [1.165, 1.54) is 20.1 Å². The standard InChI is InChI=1S/C27H29F4N3O6.C2H4O2/c1-14(2)24(34-22(37)11-17-10-16(15(3)35)8-9-21(17)40-4)26(39)33-13-18(36)12-32-25(38)23-19(27(29,30)31)6-5-7-20(23)28;1-2(3)4/h5-10,14,24H,11-13H2,1-4H3,(H,32,38)(H,33,39)(H,34,37);1H3,(H,3,4). The lowest BCUT2D eigenvalue weighted by atomic mass is 10.0. The van der Waals surface area contributed by atoms with Crippen molar-refractivity contribution in [1.29, 1.82) is 0 Å². The van der Waals surface area contributed by atoms with Crippen LogP contribution in [-0.4, -0.2) is 66.6 Å². The molecular formula is C29H33F4N3O8. The number of ether oxygens (including phenoxy) is 1. The van der Waals surface area contributed by atoms with Crippen LogP contribution < -0.4 is 20.7 Å². The number of aliphatic carboxylic acids is 1. The zero-order chi connectivity index (χ0) is 33.8. The number of nitrogens with one attached hydrogen (secondary N) is 3. The van der Waals surface area contributed by atoms with Gasteiger partial charge in [-0.05, 0) is 43.2 Å². The van der Waals surface area contributed by atoms with Gasteiger partial charge in [-0.3, -0.25) is 28.8 Å². The third-order valence-electron chi connectivity index (χ3n) is 5.76. The third-order valence-corrected chi connectivity index (χ3v) is 5.76. The third kappa shape index (κ3) is 11.8. The van der Waals surface area contributed by atoms with Crippen molar-refractivity contribution in [3.05, 3.63) is 64.5 Å². The average molecular weight is 628 g/mol. The number of carboxylic acids is 1. The molecule has 1 unspecified atom stereocenters. The maximum Gasteiger partial charge on any atom is 0.417 e. The summed E-state index contributed by atoms with van der Waals surface area (Å²) in [6.07, 6.45) is -5.20. The van der Waals surface area contributed by atoms with Crippen LogP contribution in [0.5, 0.6) is 5.75 Å². The number of hydrogen-bond donors (Lipinski definition) is 4. The summed E-state index contributed by atoms with van der Waals surface area (Å²) >= 11 is 0. The fourth-order valence-electron chi connectivity index (χ4n) is 3.68. The molecule has 0 saturated carbocycles. The molecule has 1 atom stereocenters. The molecule has 0 saturated heterocycles. The Balaban J connectivity index is 0.00000227. The lowest BCUT2D eigenvalue weighted by molar-refractivity contribution is -0.138. The Bertz CT molecular complexity index is 1390. The summed E-state index contributed by atoms with van der Waals surface area (Å²) in [5.41, 5.74) is -1.95. The number of halogens is 4. The lowest BCUT2D eigenvalue weighted by Gasteiger charge is -2.22. The van der Waals surface area contributed by atoms with E-state index >= 15 is 0 Å². The van der Waals surface area contributed by atoms with Crippen LogP contribution in [0.3, 0.4) is 0 Å². The highest BCUT2D eigenvalue weighted by atomic mass is 19.4. The second kappa shape index (κ2) is 16.7. The summed E-state index contributed by atoms with van der Waals surface area (Å²) in [5.74, 6) is -6.00. The maximum absolute atomic E-state index is 14.0. The molecule has 4 N–H and O–H groups in total. The molecule has 3 amide bonds. The summed E-state index contributed by atoms with van der Waals surface area (Å²) in [6, 6.07) is 5.57. The highest BCUT2D eigenvalue weighted by Gasteiger charge is 2.36. The van der Waals surface area contributed by atoms with Crippen LogP contribution in [0.1, 0.15) is 59.5 Å². The van der Waals surface area contributed by atoms with Gasteiger partial charge in [-0.1, -0.05) is 19.9 Å².